The van der Waals surface area contributed by atoms with E-state index in [1.807, 2.05) is 36.4 Å². The minimum atomic E-state index is -0.515. The van der Waals surface area contributed by atoms with Crippen molar-refractivity contribution in [2.45, 2.75) is 13.0 Å². The summed E-state index contributed by atoms with van der Waals surface area (Å²) in [5, 5.41) is 3.70. The highest BCUT2D eigenvalue weighted by Crippen LogP contribution is 2.30. The van der Waals surface area contributed by atoms with Crippen molar-refractivity contribution in [3.8, 4) is 5.75 Å². The van der Waals surface area contributed by atoms with E-state index in [4.69, 9.17) is 18.3 Å². The number of ether oxygens (including phenoxy) is 2. The van der Waals surface area contributed by atoms with E-state index in [0.29, 0.717) is 22.3 Å². The van der Waals surface area contributed by atoms with E-state index in [0.717, 1.165) is 27.3 Å². The van der Waals surface area contributed by atoms with Gasteiger partial charge in [0.15, 0.2) is 0 Å². The molecule has 6 nitrogen and oxygen atoms in total. The van der Waals surface area contributed by atoms with Gasteiger partial charge in [-0.1, -0.05) is 30.3 Å². The molecule has 0 bridgehead atoms. The van der Waals surface area contributed by atoms with Crippen LogP contribution in [0.1, 0.15) is 11.1 Å². The fourth-order valence-electron chi connectivity index (χ4n) is 3.83. The van der Waals surface area contributed by atoms with Gasteiger partial charge in [-0.2, -0.15) is 0 Å². The maximum atomic E-state index is 12.6. The third kappa shape index (κ3) is 3.53. The first-order valence-corrected chi connectivity index (χ1v) is 9.76. The van der Waals surface area contributed by atoms with Gasteiger partial charge in [0.1, 0.15) is 23.5 Å². The van der Waals surface area contributed by atoms with Crippen LogP contribution in [-0.2, 0) is 22.6 Å². The number of carbonyl (C=O) groups excluding carboxylic acids is 1. The van der Waals surface area contributed by atoms with Crippen LogP contribution < -0.4 is 10.4 Å². The van der Waals surface area contributed by atoms with Gasteiger partial charge in [0.25, 0.3) is 0 Å². The summed E-state index contributed by atoms with van der Waals surface area (Å²) in [6, 6.07) is 18.3. The van der Waals surface area contributed by atoms with Crippen molar-refractivity contribution in [2.24, 2.45) is 0 Å². The van der Waals surface area contributed by atoms with Crippen LogP contribution in [0.25, 0.3) is 32.7 Å². The van der Waals surface area contributed by atoms with Crippen molar-refractivity contribution in [2.75, 3.05) is 7.11 Å². The molecule has 0 unspecified atom stereocenters. The number of hydrogen-bond acceptors (Lipinski definition) is 6. The van der Waals surface area contributed by atoms with Gasteiger partial charge in [-0.15, -0.1) is 0 Å². The second-order valence-electron chi connectivity index (χ2n) is 7.21. The number of fused-ring (bicyclic) bond motifs is 4. The van der Waals surface area contributed by atoms with Gasteiger partial charge in [0.05, 0.1) is 19.8 Å². The first-order chi connectivity index (χ1) is 15.1. The van der Waals surface area contributed by atoms with E-state index >= 15 is 0 Å². The molecule has 0 aliphatic rings. The van der Waals surface area contributed by atoms with Crippen LogP contribution in [-0.4, -0.2) is 13.1 Å². The maximum absolute atomic E-state index is 12.6. The Morgan fingerprint density at radius 1 is 0.935 bits per heavy atom. The molecule has 31 heavy (non-hydrogen) atoms. The smallest absolute Gasteiger partial charge is 0.336 e. The lowest BCUT2D eigenvalue weighted by atomic mass is 10.0. The number of esters is 1. The van der Waals surface area contributed by atoms with Crippen molar-refractivity contribution in [1.82, 2.24) is 0 Å². The molecule has 154 valence electrons. The minimum Gasteiger partial charge on any atom is -0.497 e. The number of furan rings is 1. The van der Waals surface area contributed by atoms with Gasteiger partial charge in [0, 0.05) is 34.0 Å². The fourth-order valence-corrected chi connectivity index (χ4v) is 3.83. The molecular formula is C25H18O6. The quantitative estimate of drug-likeness (QED) is 0.298. The molecule has 0 N–H and O–H groups in total. The van der Waals surface area contributed by atoms with Crippen molar-refractivity contribution in [3.05, 3.63) is 88.5 Å². The number of carbonyl (C=O) groups is 1. The fraction of sp³-hybridized carbons (Fsp3) is 0.120. The average Bonchev–Trinajstić information content (AvgIpc) is 3.20. The van der Waals surface area contributed by atoms with E-state index in [1.54, 1.807) is 24.5 Å². The van der Waals surface area contributed by atoms with Crippen molar-refractivity contribution in [3.63, 3.8) is 0 Å². The number of hydrogen-bond donors (Lipinski definition) is 0. The highest BCUT2D eigenvalue weighted by atomic mass is 16.5. The number of methoxy groups -OCH3 is 1. The van der Waals surface area contributed by atoms with Crippen molar-refractivity contribution < 1.29 is 23.1 Å². The van der Waals surface area contributed by atoms with Crippen LogP contribution >= 0.6 is 0 Å². The summed E-state index contributed by atoms with van der Waals surface area (Å²) >= 11 is 0. The molecule has 0 radical (unpaired) electrons. The van der Waals surface area contributed by atoms with Crippen molar-refractivity contribution >= 4 is 38.7 Å². The molecule has 0 saturated heterocycles. The van der Waals surface area contributed by atoms with Gasteiger partial charge in [-0.3, -0.25) is 4.79 Å². The Hall–Kier alpha value is -4.06. The Kier molecular flexibility index (Phi) is 4.67. The molecule has 0 aliphatic heterocycles. The molecule has 3 aromatic carbocycles. The lowest BCUT2D eigenvalue weighted by Gasteiger charge is -2.08. The summed E-state index contributed by atoms with van der Waals surface area (Å²) < 4.78 is 21.5. The molecule has 6 heteroatoms. The molecule has 0 aliphatic carbocycles. The highest BCUT2D eigenvalue weighted by molar-refractivity contribution is 6.08. The number of benzene rings is 3. The molecule has 0 saturated carbocycles. The molecule has 0 atom stereocenters. The lowest BCUT2D eigenvalue weighted by Crippen LogP contribution is -2.09. The first kappa shape index (κ1) is 18.9. The summed E-state index contributed by atoms with van der Waals surface area (Å²) in [5.74, 6) is 0.161. The van der Waals surface area contributed by atoms with Gasteiger partial charge in [-0.25, -0.2) is 4.79 Å². The van der Waals surface area contributed by atoms with Crippen LogP contribution in [0.15, 0.2) is 80.6 Å². The summed E-state index contributed by atoms with van der Waals surface area (Å²) in [7, 11) is 1.54. The second kappa shape index (κ2) is 7.65. The Morgan fingerprint density at radius 3 is 2.68 bits per heavy atom. The van der Waals surface area contributed by atoms with Gasteiger partial charge < -0.3 is 18.3 Å². The summed E-state index contributed by atoms with van der Waals surface area (Å²) in [4.78, 5) is 24.5. The molecule has 0 amide bonds. The largest absolute Gasteiger partial charge is 0.497 e. The predicted molar refractivity (Wildman–Crippen MR) is 116 cm³/mol. The molecule has 5 aromatic rings. The van der Waals surface area contributed by atoms with Crippen LogP contribution in [0.2, 0.25) is 0 Å². The zero-order chi connectivity index (χ0) is 21.4. The van der Waals surface area contributed by atoms with E-state index in [-0.39, 0.29) is 13.0 Å². The lowest BCUT2D eigenvalue weighted by molar-refractivity contribution is -0.144. The van der Waals surface area contributed by atoms with Crippen LogP contribution in [0.4, 0.5) is 0 Å². The first-order valence-electron chi connectivity index (χ1n) is 9.76. The Labute approximate surface area is 176 Å². The van der Waals surface area contributed by atoms with Crippen LogP contribution in [0.5, 0.6) is 5.75 Å². The topological polar surface area (TPSA) is 78.9 Å². The third-order valence-corrected chi connectivity index (χ3v) is 5.30. The van der Waals surface area contributed by atoms with Gasteiger partial charge in [-0.05, 0) is 29.0 Å². The summed E-state index contributed by atoms with van der Waals surface area (Å²) in [5.41, 5.74) is 1.93. The molecule has 0 spiro atoms. The molecule has 2 heterocycles. The third-order valence-electron chi connectivity index (χ3n) is 5.30. The zero-order valence-corrected chi connectivity index (χ0v) is 16.7. The monoisotopic (exact) mass is 414 g/mol. The normalized spacial score (nSPS) is 11.3. The predicted octanol–water partition coefficient (Wildman–Crippen LogP) is 4.99. The van der Waals surface area contributed by atoms with Crippen molar-refractivity contribution in [1.29, 1.82) is 0 Å². The second-order valence-corrected chi connectivity index (χ2v) is 7.21. The van der Waals surface area contributed by atoms with E-state index in [1.165, 1.54) is 13.2 Å². The summed E-state index contributed by atoms with van der Waals surface area (Å²) in [6.45, 7) is -0.0379. The Bertz CT molecular complexity index is 1490. The molecule has 2 aromatic heterocycles. The highest BCUT2D eigenvalue weighted by Gasteiger charge is 2.15. The Balaban J connectivity index is 1.40. The van der Waals surface area contributed by atoms with Gasteiger partial charge >= 0.3 is 11.6 Å². The average molecular weight is 414 g/mol. The van der Waals surface area contributed by atoms with E-state index < -0.39 is 11.6 Å². The minimum absolute atomic E-state index is 0.0379. The molecule has 5 rings (SSSR count). The maximum Gasteiger partial charge on any atom is 0.336 e. The molecule has 0 fully saturated rings. The van der Waals surface area contributed by atoms with E-state index in [9.17, 15) is 9.59 Å². The summed E-state index contributed by atoms with van der Waals surface area (Å²) in [6.07, 6.45) is 1.66. The molecular weight excluding hydrogens is 396 g/mol. The standard InChI is InChI=1S/C25H18O6/c1-28-18-7-8-19-16(10-24(27)31-22(19)12-18)13-30-23(26)11-17-14-29-21-9-6-15-4-2-3-5-20(15)25(17)21/h2-10,12,14H,11,13H2,1H3. The van der Waals surface area contributed by atoms with Crippen LogP contribution in [0.3, 0.4) is 0 Å². The zero-order valence-electron chi connectivity index (χ0n) is 16.7. The van der Waals surface area contributed by atoms with Crippen LogP contribution in [0, 0.1) is 0 Å². The Morgan fingerprint density at radius 2 is 1.81 bits per heavy atom. The SMILES string of the molecule is COc1ccc2c(COC(=O)Cc3coc4ccc5ccccc5c34)cc(=O)oc2c1. The van der Waals surface area contributed by atoms with Gasteiger partial charge in [0.2, 0.25) is 0 Å². The van der Waals surface area contributed by atoms with E-state index in [2.05, 4.69) is 0 Å². The number of rotatable bonds is 5.